The van der Waals surface area contributed by atoms with Crippen LogP contribution in [0.3, 0.4) is 0 Å². The van der Waals surface area contributed by atoms with E-state index in [2.05, 4.69) is 21.3 Å². The van der Waals surface area contributed by atoms with E-state index in [9.17, 15) is 19.2 Å². The molecule has 0 unspecified atom stereocenters. The van der Waals surface area contributed by atoms with E-state index in [1.165, 1.54) is 0 Å². The van der Waals surface area contributed by atoms with Gasteiger partial charge >= 0.3 is 0 Å². The van der Waals surface area contributed by atoms with Gasteiger partial charge in [0.15, 0.2) is 5.96 Å². The van der Waals surface area contributed by atoms with Gasteiger partial charge in [0, 0.05) is 6.54 Å². The zero-order valence-corrected chi connectivity index (χ0v) is 25.1. The molecule has 4 atom stereocenters. The third-order valence-electron chi connectivity index (χ3n) is 7.79. The van der Waals surface area contributed by atoms with E-state index >= 15 is 0 Å². The van der Waals surface area contributed by atoms with Crippen molar-refractivity contribution in [2.45, 2.75) is 101 Å². The lowest BCUT2D eigenvalue weighted by Crippen LogP contribution is -2.58. The van der Waals surface area contributed by atoms with E-state index < -0.39 is 47.8 Å². The number of nitrogens with two attached hydrogens (primary N) is 4. The van der Waals surface area contributed by atoms with Crippen LogP contribution in [0.2, 0.25) is 0 Å². The van der Waals surface area contributed by atoms with Gasteiger partial charge in [-0.2, -0.15) is 0 Å². The molecule has 0 heterocycles. The first kappa shape index (κ1) is 35.5. The van der Waals surface area contributed by atoms with Gasteiger partial charge in [0.25, 0.3) is 0 Å². The molecule has 1 aromatic carbocycles. The standard InChI is InChI=1S/C30H51N9O4/c31-16-8-7-14-23(26(33)40)37-29(43)25(19-21-12-5-2-6-13-21)39-28(42)24(15-9-17-36-30(34)35)38-27(41)22(32)18-20-10-3-1-4-11-20/h1,3-4,10-11,21-25H,2,5-9,12-19,31-32H2,(H2,33,40)(H,37,43)(H,38,41)(H,39,42)(H4,34,35,36)/t22-,23-,24+,25-/m0/s1. The fourth-order valence-electron chi connectivity index (χ4n) is 5.35. The van der Waals surface area contributed by atoms with Gasteiger partial charge in [-0.3, -0.25) is 24.6 Å². The second kappa shape index (κ2) is 19.5. The molecule has 13 N–H and O–H groups in total. The summed E-state index contributed by atoms with van der Waals surface area (Å²) in [5, 5.41) is 18.4. The minimum Gasteiger partial charge on any atom is -0.370 e. The van der Waals surface area contributed by atoms with Crippen molar-refractivity contribution in [3.63, 3.8) is 0 Å². The molecule has 1 fully saturated rings. The van der Waals surface area contributed by atoms with Crippen LogP contribution in [-0.2, 0) is 25.6 Å². The number of benzene rings is 1. The van der Waals surface area contributed by atoms with Crippen LogP contribution in [0, 0.1) is 11.3 Å². The predicted molar refractivity (Wildman–Crippen MR) is 166 cm³/mol. The van der Waals surface area contributed by atoms with Gasteiger partial charge < -0.3 is 44.2 Å². The first-order valence-corrected chi connectivity index (χ1v) is 15.4. The van der Waals surface area contributed by atoms with Crippen LogP contribution >= 0.6 is 0 Å². The Morgan fingerprint density at radius 1 is 0.814 bits per heavy atom. The lowest BCUT2D eigenvalue weighted by Gasteiger charge is -2.29. The summed E-state index contributed by atoms with van der Waals surface area (Å²) in [5.74, 6) is -2.12. The van der Waals surface area contributed by atoms with Gasteiger partial charge in [-0.25, -0.2) is 0 Å². The fourth-order valence-corrected chi connectivity index (χ4v) is 5.35. The number of hydrogen-bond donors (Lipinski definition) is 9. The molecule has 0 bridgehead atoms. The van der Waals surface area contributed by atoms with Crippen molar-refractivity contribution >= 4 is 29.6 Å². The molecule has 43 heavy (non-hydrogen) atoms. The van der Waals surface area contributed by atoms with Crippen LogP contribution in [-0.4, -0.2) is 66.8 Å². The Hall–Kier alpha value is -3.71. The van der Waals surface area contributed by atoms with Crippen molar-refractivity contribution in [1.29, 1.82) is 5.41 Å². The Kier molecular flexibility index (Phi) is 16.1. The molecule has 2 rings (SSSR count). The lowest BCUT2D eigenvalue weighted by molar-refractivity contribution is -0.134. The van der Waals surface area contributed by atoms with E-state index in [1.54, 1.807) is 0 Å². The second-order valence-electron chi connectivity index (χ2n) is 11.4. The maximum Gasteiger partial charge on any atom is 0.243 e. The largest absolute Gasteiger partial charge is 0.370 e. The number of carbonyl (C=O) groups excluding carboxylic acids is 4. The van der Waals surface area contributed by atoms with Crippen LogP contribution in [0.5, 0.6) is 0 Å². The number of nitrogens with one attached hydrogen (secondary N) is 5. The highest BCUT2D eigenvalue weighted by molar-refractivity contribution is 5.94. The fraction of sp³-hybridized carbons (Fsp3) is 0.633. The Labute approximate surface area is 254 Å². The highest BCUT2D eigenvalue weighted by Crippen LogP contribution is 2.27. The van der Waals surface area contributed by atoms with Crippen LogP contribution < -0.4 is 44.2 Å². The number of hydrogen-bond acceptors (Lipinski definition) is 7. The van der Waals surface area contributed by atoms with Crippen LogP contribution in [0.15, 0.2) is 30.3 Å². The van der Waals surface area contributed by atoms with Gasteiger partial charge in [0.1, 0.15) is 18.1 Å². The Morgan fingerprint density at radius 2 is 1.42 bits per heavy atom. The number of primary amides is 1. The summed E-state index contributed by atoms with van der Waals surface area (Å²) in [4.78, 5) is 52.3. The number of amides is 4. The first-order chi connectivity index (χ1) is 20.6. The number of carbonyl (C=O) groups is 4. The SMILES string of the molecule is N=C(N)NCCC[C@@H](NC(=O)[C@@H](N)Cc1ccccc1)C(=O)N[C@@H](CC1CCCCC1)C(=O)N[C@@H](CCCCN)C(N)=O. The molecule has 0 radical (unpaired) electrons. The van der Waals surface area contributed by atoms with Gasteiger partial charge in [0.2, 0.25) is 23.6 Å². The quantitative estimate of drug-likeness (QED) is 0.0585. The molecule has 13 heteroatoms. The van der Waals surface area contributed by atoms with Crippen molar-refractivity contribution in [1.82, 2.24) is 21.3 Å². The summed E-state index contributed by atoms with van der Waals surface area (Å²) in [6.45, 7) is 0.782. The molecule has 0 saturated heterocycles. The van der Waals surface area contributed by atoms with Crippen LogP contribution in [0.1, 0.15) is 76.2 Å². The minimum atomic E-state index is -0.985. The van der Waals surface area contributed by atoms with E-state index in [0.29, 0.717) is 45.2 Å². The molecule has 1 aromatic rings. The van der Waals surface area contributed by atoms with Crippen molar-refractivity contribution in [3.8, 4) is 0 Å². The molecule has 0 aromatic heterocycles. The summed E-state index contributed by atoms with van der Waals surface area (Å²) >= 11 is 0. The van der Waals surface area contributed by atoms with Gasteiger partial charge in [-0.1, -0.05) is 62.4 Å². The molecule has 1 saturated carbocycles. The highest BCUT2D eigenvalue weighted by Gasteiger charge is 2.32. The van der Waals surface area contributed by atoms with Crippen molar-refractivity contribution in [2.24, 2.45) is 28.9 Å². The average molecular weight is 602 g/mol. The molecule has 13 nitrogen and oxygen atoms in total. The average Bonchev–Trinajstić information content (AvgIpc) is 2.98. The maximum absolute atomic E-state index is 13.6. The summed E-state index contributed by atoms with van der Waals surface area (Å²) in [6, 6.07) is 5.65. The molecule has 0 spiro atoms. The molecule has 1 aliphatic rings. The van der Waals surface area contributed by atoms with E-state index in [0.717, 1.165) is 37.7 Å². The summed E-state index contributed by atoms with van der Waals surface area (Å²) in [7, 11) is 0. The zero-order valence-electron chi connectivity index (χ0n) is 25.1. The summed E-state index contributed by atoms with van der Waals surface area (Å²) < 4.78 is 0. The highest BCUT2D eigenvalue weighted by atomic mass is 16.2. The monoisotopic (exact) mass is 601 g/mol. The Bertz CT molecular complexity index is 1030. The third kappa shape index (κ3) is 13.9. The third-order valence-corrected chi connectivity index (χ3v) is 7.79. The molecule has 0 aliphatic heterocycles. The molecule has 240 valence electrons. The molecule has 4 amide bonds. The number of guanidine groups is 1. The van der Waals surface area contributed by atoms with E-state index in [1.807, 2.05) is 30.3 Å². The van der Waals surface area contributed by atoms with E-state index in [-0.39, 0.29) is 24.7 Å². The smallest absolute Gasteiger partial charge is 0.243 e. The Morgan fingerprint density at radius 3 is 2.05 bits per heavy atom. The zero-order chi connectivity index (χ0) is 31.6. The van der Waals surface area contributed by atoms with Gasteiger partial charge in [-0.05, 0) is 63.0 Å². The van der Waals surface area contributed by atoms with Gasteiger partial charge in [-0.15, -0.1) is 0 Å². The first-order valence-electron chi connectivity index (χ1n) is 15.4. The molecular weight excluding hydrogens is 550 g/mol. The molecule has 1 aliphatic carbocycles. The van der Waals surface area contributed by atoms with E-state index in [4.69, 9.17) is 28.3 Å². The maximum atomic E-state index is 13.6. The van der Waals surface area contributed by atoms with Crippen molar-refractivity contribution in [3.05, 3.63) is 35.9 Å². The summed E-state index contributed by atoms with van der Waals surface area (Å²) in [6.07, 6.45) is 8.12. The van der Waals surface area contributed by atoms with Crippen molar-refractivity contribution in [2.75, 3.05) is 13.1 Å². The summed E-state index contributed by atoms with van der Waals surface area (Å²) in [5.41, 5.74) is 23.6. The van der Waals surface area contributed by atoms with Crippen LogP contribution in [0.25, 0.3) is 0 Å². The number of rotatable bonds is 19. The normalized spacial score (nSPS) is 16.2. The lowest BCUT2D eigenvalue weighted by atomic mass is 9.84. The second-order valence-corrected chi connectivity index (χ2v) is 11.4. The number of unbranched alkanes of at least 4 members (excludes halogenated alkanes) is 1. The predicted octanol–water partition coefficient (Wildman–Crippen LogP) is -0.141. The molecular formula is C30H51N9O4. The minimum absolute atomic E-state index is 0.199. The van der Waals surface area contributed by atoms with Crippen LogP contribution in [0.4, 0.5) is 0 Å². The van der Waals surface area contributed by atoms with Crippen molar-refractivity contribution < 1.29 is 19.2 Å². The Balaban J connectivity index is 2.17. The topological polar surface area (TPSA) is 244 Å². The van der Waals surface area contributed by atoms with Gasteiger partial charge in [0.05, 0.1) is 6.04 Å².